The number of amides is 1. The molecule has 0 radical (unpaired) electrons. The molecule has 3 rings (SSSR count). The Morgan fingerprint density at radius 1 is 1.04 bits per heavy atom. The number of nitrogens with one attached hydrogen (secondary N) is 2. The van der Waals surface area contributed by atoms with Crippen molar-refractivity contribution in [2.75, 3.05) is 5.32 Å². The molecule has 2 N–H and O–H groups in total. The van der Waals surface area contributed by atoms with Crippen LogP contribution < -0.4 is 10.6 Å². The van der Waals surface area contributed by atoms with Gasteiger partial charge in [0.2, 0.25) is 5.95 Å². The van der Waals surface area contributed by atoms with Crippen molar-refractivity contribution < 1.29 is 4.79 Å². The van der Waals surface area contributed by atoms with Crippen LogP contribution in [0.15, 0.2) is 54.6 Å². The summed E-state index contributed by atoms with van der Waals surface area (Å²) in [5.41, 5.74) is 3.97. The highest BCUT2D eigenvalue weighted by molar-refractivity contribution is 6.30. The molecule has 0 saturated carbocycles. The fourth-order valence-electron chi connectivity index (χ4n) is 2.53. The zero-order valence-electron chi connectivity index (χ0n) is 14.6. The Morgan fingerprint density at radius 3 is 2.62 bits per heavy atom. The average Bonchev–Trinajstić information content (AvgIpc) is 2.59. The molecule has 0 aliphatic heterocycles. The van der Waals surface area contributed by atoms with Gasteiger partial charge in [-0.3, -0.25) is 4.79 Å². The second-order valence-electron chi connectivity index (χ2n) is 6.03. The molecule has 1 heterocycles. The molecule has 0 unspecified atom stereocenters. The third-order valence-electron chi connectivity index (χ3n) is 3.70. The molecule has 132 valence electrons. The van der Waals surface area contributed by atoms with Gasteiger partial charge >= 0.3 is 0 Å². The van der Waals surface area contributed by atoms with E-state index in [1.165, 1.54) is 0 Å². The average molecular weight is 367 g/mol. The number of carbonyl (C=O) groups is 1. The lowest BCUT2D eigenvalue weighted by molar-refractivity contribution is 0.0945. The summed E-state index contributed by atoms with van der Waals surface area (Å²) in [6.07, 6.45) is 0. The largest absolute Gasteiger partial charge is 0.347 e. The molecule has 0 spiro atoms. The number of anilines is 2. The summed E-state index contributed by atoms with van der Waals surface area (Å²) >= 11 is 5.99. The number of halogens is 1. The van der Waals surface area contributed by atoms with Crippen LogP contribution in [0.5, 0.6) is 0 Å². The number of benzene rings is 2. The van der Waals surface area contributed by atoms with Crippen molar-refractivity contribution in [1.82, 2.24) is 15.3 Å². The van der Waals surface area contributed by atoms with E-state index in [1.807, 2.05) is 50.2 Å². The molecular formula is C20H19ClN4O. The lowest BCUT2D eigenvalue weighted by Crippen LogP contribution is -2.24. The first-order valence-corrected chi connectivity index (χ1v) is 8.59. The van der Waals surface area contributed by atoms with Crippen LogP contribution in [-0.2, 0) is 6.54 Å². The van der Waals surface area contributed by atoms with Gasteiger partial charge in [0.25, 0.3) is 5.91 Å². The summed E-state index contributed by atoms with van der Waals surface area (Å²) in [5, 5.41) is 6.58. The summed E-state index contributed by atoms with van der Waals surface area (Å²) in [6, 6.07) is 16.9. The molecule has 6 heteroatoms. The molecule has 0 saturated heterocycles. The van der Waals surface area contributed by atoms with Crippen LogP contribution in [-0.4, -0.2) is 15.9 Å². The maximum absolute atomic E-state index is 12.5. The lowest BCUT2D eigenvalue weighted by atomic mass is 10.1. The number of aromatic nitrogens is 2. The van der Waals surface area contributed by atoms with E-state index in [0.29, 0.717) is 28.9 Å². The maximum Gasteiger partial charge on any atom is 0.270 e. The highest BCUT2D eigenvalue weighted by Gasteiger charge is 2.11. The second-order valence-corrected chi connectivity index (χ2v) is 6.46. The van der Waals surface area contributed by atoms with Gasteiger partial charge in [-0.05, 0) is 43.7 Å². The Balaban J connectivity index is 1.73. The van der Waals surface area contributed by atoms with Crippen LogP contribution in [0.4, 0.5) is 11.6 Å². The number of nitrogens with zero attached hydrogens (tertiary/aromatic N) is 2. The molecule has 1 aromatic heterocycles. The van der Waals surface area contributed by atoms with Gasteiger partial charge in [0.05, 0.1) is 0 Å². The molecule has 0 atom stereocenters. The van der Waals surface area contributed by atoms with Gasteiger partial charge in [0.1, 0.15) is 5.69 Å². The van der Waals surface area contributed by atoms with E-state index in [0.717, 1.165) is 16.8 Å². The number of rotatable bonds is 5. The number of carbonyl (C=O) groups excluding carboxylic acids is 1. The fourth-order valence-corrected chi connectivity index (χ4v) is 2.72. The first kappa shape index (κ1) is 17.9. The van der Waals surface area contributed by atoms with Gasteiger partial charge < -0.3 is 10.6 Å². The Hall–Kier alpha value is -2.92. The lowest BCUT2D eigenvalue weighted by Gasteiger charge is -2.09. The summed E-state index contributed by atoms with van der Waals surface area (Å²) in [4.78, 5) is 21.1. The molecule has 1 amide bonds. The van der Waals surface area contributed by atoms with Crippen molar-refractivity contribution in [3.8, 4) is 0 Å². The predicted molar refractivity (Wildman–Crippen MR) is 104 cm³/mol. The minimum atomic E-state index is -0.244. The standard InChI is InChI=1S/C20H19ClN4O/c1-13-5-3-6-15(9-13)12-22-19(26)18-10-14(2)23-20(25-18)24-17-8-4-7-16(21)11-17/h3-11H,12H2,1-2H3,(H,22,26)(H,23,24,25). The number of aryl methyl sites for hydroxylation is 2. The molecule has 0 aliphatic carbocycles. The quantitative estimate of drug-likeness (QED) is 0.701. The van der Waals surface area contributed by atoms with Gasteiger partial charge in [-0.25, -0.2) is 9.97 Å². The third-order valence-corrected chi connectivity index (χ3v) is 3.94. The van der Waals surface area contributed by atoms with Crippen molar-refractivity contribution in [2.24, 2.45) is 0 Å². The molecule has 0 aliphatic rings. The van der Waals surface area contributed by atoms with Crippen LogP contribution in [0.3, 0.4) is 0 Å². The molecule has 2 aromatic carbocycles. The molecule has 5 nitrogen and oxygen atoms in total. The Morgan fingerprint density at radius 2 is 1.85 bits per heavy atom. The molecular weight excluding hydrogens is 348 g/mol. The molecule has 26 heavy (non-hydrogen) atoms. The van der Waals surface area contributed by atoms with Crippen molar-refractivity contribution in [3.63, 3.8) is 0 Å². The SMILES string of the molecule is Cc1cccc(CNC(=O)c2cc(C)nc(Nc3cccc(Cl)c3)n2)c1. The summed E-state index contributed by atoms with van der Waals surface area (Å²) in [7, 11) is 0. The van der Waals surface area contributed by atoms with Crippen LogP contribution in [0.2, 0.25) is 5.02 Å². The van der Waals surface area contributed by atoms with Crippen molar-refractivity contribution in [2.45, 2.75) is 20.4 Å². The Bertz CT molecular complexity index is 943. The van der Waals surface area contributed by atoms with Crippen LogP contribution in [0.1, 0.15) is 27.3 Å². The Kier molecular flexibility index (Phi) is 5.49. The van der Waals surface area contributed by atoms with E-state index in [1.54, 1.807) is 18.2 Å². The normalized spacial score (nSPS) is 10.4. The van der Waals surface area contributed by atoms with E-state index in [2.05, 4.69) is 20.6 Å². The Labute approximate surface area is 157 Å². The second kappa shape index (κ2) is 7.97. The van der Waals surface area contributed by atoms with Crippen molar-refractivity contribution >= 4 is 29.1 Å². The van der Waals surface area contributed by atoms with Crippen LogP contribution in [0, 0.1) is 13.8 Å². The van der Waals surface area contributed by atoms with Crippen LogP contribution >= 0.6 is 11.6 Å². The zero-order valence-corrected chi connectivity index (χ0v) is 15.3. The number of hydrogen-bond donors (Lipinski definition) is 2. The van der Waals surface area contributed by atoms with E-state index >= 15 is 0 Å². The van der Waals surface area contributed by atoms with Gasteiger partial charge in [-0.2, -0.15) is 0 Å². The van der Waals surface area contributed by atoms with Crippen LogP contribution in [0.25, 0.3) is 0 Å². The van der Waals surface area contributed by atoms with Crippen molar-refractivity contribution in [1.29, 1.82) is 0 Å². The van der Waals surface area contributed by atoms with Gasteiger partial charge in [-0.1, -0.05) is 47.5 Å². The van der Waals surface area contributed by atoms with E-state index in [4.69, 9.17) is 11.6 Å². The fraction of sp³-hybridized carbons (Fsp3) is 0.150. The maximum atomic E-state index is 12.5. The smallest absolute Gasteiger partial charge is 0.270 e. The highest BCUT2D eigenvalue weighted by Crippen LogP contribution is 2.18. The zero-order chi connectivity index (χ0) is 18.5. The molecule has 0 bridgehead atoms. The monoisotopic (exact) mass is 366 g/mol. The third kappa shape index (κ3) is 4.80. The molecule has 3 aromatic rings. The van der Waals surface area contributed by atoms with E-state index in [9.17, 15) is 4.79 Å². The van der Waals surface area contributed by atoms with Gasteiger partial charge in [0.15, 0.2) is 0 Å². The minimum absolute atomic E-state index is 0.244. The number of hydrogen-bond acceptors (Lipinski definition) is 4. The predicted octanol–water partition coefficient (Wildman–Crippen LogP) is 4.42. The first-order valence-electron chi connectivity index (χ1n) is 8.21. The van der Waals surface area contributed by atoms with Crippen molar-refractivity contribution in [3.05, 3.63) is 82.1 Å². The van der Waals surface area contributed by atoms with Gasteiger partial charge in [0, 0.05) is 22.9 Å². The summed E-state index contributed by atoms with van der Waals surface area (Å²) < 4.78 is 0. The van der Waals surface area contributed by atoms with E-state index < -0.39 is 0 Å². The minimum Gasteiger partial charge on any atom is -0.347 e. The first-order chi connectivity index (χ1) is 12.5. The highest BCUT2D eigenvalue weighted by atomic mass is 35.5. The van der Waals surface area contributed by atoms with E-state index in [-0.39, 0.29) is 5.91 Å². The topological polar surface area (TPSA) is 66.9 Å². The summed E-state index contributed by atoms with van der Waals surface area (Å²) in [6.45, 7) is 4.29. The van der Waals surface area contributed by atoms with Gasteiger partial charge in [-0.15, -0.1) is 0 Å². The molecule has 0 fully saturated rings. The summed E-state index contributed by atoms with van der Waals surface area (Å²) in [5.74, 6) is 0.110.